The highest BCUT2D eigenvalue weighted by atomic mass is 32.3. The fraction of sp³-hybridized carbons (Fsp3) is 0.615. The van der Waals surface area contributed by atoms with Crippen molar-refractivity contribution in [3.8, 4) is 0 Å². The average Bonchev–Trinajstić information content (AvgIpc) is 3.16. The number of nitrogen functional groups attached to an aromatic ring is 1. The summed E-state index contributed by atoms with van der Waals surface area (Å²) in [6, 6.07) is 0. The van der Waals surface area contributed by atoms with Gasteiger partial charge in [-0.3, -0.25) is 13.7 Å². The number of hydrogen-bond acceptors (Lipinski definition) is 12. The van der Waals surface area contributed by atoms with Crippen LogP contribution in [0.5, 0.6) is 0 Å². The van der Waals surface area contributed by atoms with Crippen LogP contribution in [0.3, 0.4) is 0 Å². The van der Waals surface area contributed by atoms with E-state index in [0.29, 0.717) is 30.9 Å². The Morgan fingerprint density at radius 1 is 1.28 bits per heavy atom. The first-order valence-electron chi connectivity index (χ1n) is 8.17. The molecule has 8 N–H and O–H groups in total. The van der Waals surface area contributed by atoms with Gasteiger partial charge in [0.15, 0.2) is 17.7 Å². The van der Waals surface area contributed by atoms with Crippen molar-refractivity contribution in [2.24, 2.45) is 5.90 Å². The first kappa shape index (κ1) is 23.3. The van der Waals surface area contributed by atoms with Crippen molar-refractivity contribution in [3.05, 3.63) is 12.7 Å². The van der Waals surface area contributed by atoms with Crippen LogP contribution < -0.4 is 11.6 Å². The monoisotopic (exact) mass is 437 g/mol. The second-order valence-corrected chi connectivity index (χ2v) is 7.11. The summed E-state index contributed by atoms with van der Waals surface area (Å²) in [7, 11) is -2.82. The number of aliphatic hydroxyl groups excluding tert-OH is 2. The van der Waals surface area contributed by atoms with Crippen molar-refractivity contribution >= 4 is 27.4 Å². The van der Waals surface area contributed by atoms with Crippen LogP contribution in [0.2, 0.25) is 0 Å². The largest absolute Gasteiger partial charge is 0.394 e. The predicted octanol–water partition coefficient (Wildman–Crippen LogP) is -2.80. The maximum Gasteiger partial charge on any atom is 0.394 e. The van der Waals surface area contributed by atoms with Crippen LogP contribution >= 0.6 is 0 Å². The zero-order valence-corrected chi connectivity index (χ0v) is 16.1. The van der Waals surface area contributed by atoms with E-state index in [1.807, 2.05) is 11.9 Å². The van der Waals surface area contributed by atoms with Gasteiger partial charge in [-0.05, 0) is 7.05 Å². The van der Waals surface area contributed by atoms with Gasteiger partial charge in [0.2, 0.25) is 0 Å². The Hall–Kier alpha value is -2.02. The number of aliphatic hydroxyl groups is 2. The number of ether oxygens (including phenoxy) is 1. The van der Waals surface area contributed by atoms with Gasteiger partial charge in [0.1, 0.15) is 30.2 Å². The molecule has 0 saturated carbocycles. The molecule has 3 rings (SSSR count). The van der Waals surface area contributed by atoms with E-state index in [1.165, 1.54) is 12.7 Å². The first-order valence-corrected chi connectivity index (χ1v) is 9.57. The summed E-state index contributed by atoms with van der Waals surface area (Å²) in [6.45, 7) is 1.33. The van der Waals surface area contributed by atoms with E-state index >= 15 is 0 Å². The van der Waals surface area contributed by atoms with Crippen LogP contribution in [0, 0.1) is 0 Å². The van der Waals surface area contributed by atoms with Gasteiger partial charge in [0.05, 0.1) is 12.9 Å². The van der Waals surface area contributed by atoms with Crippen molar-refractivity contribution in [1.29, 1.82) is 0 Å². The third kappa shape index (κ3) is 6.23. The highest BCUT2D eigenvalue weighted by Crippen LogP contribution is 2.32. The molecule has 1 aliphatic rings. The SMILES string of the molecule is CN(CCON)C[C@H]1O[C@@H](n2cnc3c(N)ncnc32)[C@H](O)[C@@H]1O.O=S(=O)(O)O. The molecule has 15 nitrogen and oxygen atoms in total. The summed E-state index contributed by atoms with van der Waals surface area (Å²) in [5, 5.41) is 20.6. The summed E-state index contributed by atoms with van der Waals surface area (Å²) in [4.78, 5) is 18.6. The number of fused-ring (bicyclic) bond motifs is 1. The topological polar surface area (TPSA) is 232 Å². The molecule has 0 spiro atoms. The second kappa shape index (κ2) is 9.65. The number of nitrogens with zero attached hydrogens (tertiary/aromatic N) is 5. The third-order valence-corrected chi connectivity index (χ3v) is 4.08. The maximum atomic E-state index is 10.4. The Balaban J connectivity index is 0.000000537. The maximum absolute atomic E-state index is 10.4. The van der Waals surface area contributed by atoms with E-state index < -0.39 is 34.9 Å². The van der Waals surface area contributed by atoms with E-state index in [0.717, 1.165) is 0 Å². The minimum Gasteiger partial charge on any atom is -0.387 e. The molecule has 0 radical (unpaired) electrons. The van der Waals surface area contributed by atoms with E-state index in [9.17, 15) is 10.2 Å². The molecule has 0 bridgehead atoms. The second-order valence-electron chi connectivity index (χ2n) is 6.21. The molecule has 2 aromatic heterocycles. The van der Waals surface area contributed by atoms with Gasteiger partial charge in [-0.2, -0.15) is 8.42 Å². The predicted molar refractivity (Wildman–Crippen MR) is 97.5 cm³/mol. The van der Waals surface area contributed by atoms with Crippen LogP contribution in [0.15, 0.2) is 12.7 Å². The van der Waals surface area contributed by atoms with Gasteiger partial charge in [0.25, 0.3) is 0 Å². The molecular weight excluding hydrogens is 414 g/mol. The minimum atomic E-state index is -4.67. The van der Waals surface area contributed by atoms with Crippen molar-refractivity contribution in [3.63, 3.8) is 0 Å². The Labute approximate surface area is 165 Å². The summed E-state index contributed by atoms with van der Waals surface area (Å²) in [6.07, 6.45) is -0.792. The Morgan fingerprint density at radius 2 is 1.93 bits per heavy atom. The number of aromatic nitrogens is 4. The fourth-order valence-corrected chi connectivity index (χ4v) is 2.77. The number of nitrogens with two attached hydrogens (primary N) is 2. The summed E-state index contributed by atoms with van der Waals surface area (Å²) < 4.78 is 39.0. The third-order valence-electron chi connectivity index (χ3n) is 4.08. The molecule has 0 aromatic carbocycles. The zero-order chi connectivity index (χ0) is 21.8. The first-order chi connectivity index (χ1) is 13.5. The molecular formula is C13H23N7O8S. The lowest BCUT2D eigenvalue weighted by Gasteiger charge is -2.22. The number of likely N-dealkylation sites (N-methyl/N-ethyl adjacent to an activating group) is 1. The van der Waals surface area contributed by atoms with Crippen molar-refractivity contribution in [2.75, 3.05) is 32.5 Å². The fourth-order valence-electron chi connectivity index (χ4n) is 2.77. The normalized spacial score (nSPS) is 24.7. The lowest BCUT2D eigenvalue weighted by molar-refractivity contribution is -0.0436. The van der Waals surface area contributed by atoms with Gasteiger partial charge < -0.3 is 30.4 Å². The molecule has 3 heterocycles. The standard InChI is InChI=1S/C13H21N7O4.H2O4S/c1-19(2-3-23-15)4-7-9(21)10(22)13(24-7)20-6-18-8-11(14)16-5-17-12(8)20;1-5(2,3)4/h5-7,9-10,13,21-22H,2-4,15H2,1H3,(H2,14,16,17);(H2,1,2,3,4)/t7-,9-,10-,13-;/m1./s1. The quantitative estimate of drug-likeness (QED) is 0.198. The van der Waals surface area contributed by atoms with Gasteiger partial charge in [-0.25, -0.2) is 20.8 Å². The van der Waals surface area contributed by atoms with Crippen LogP contribution in [0.1, 0.15) is 6.23 Å². The number of imidazole rings is 1. The highest BCUT2D eigenvalue weighted by molar-refractivity contribution is 7.79. The van der Waals surface area contributed by atoms with Gasteiger partial charge in [0, 0.05) is 13.1 Å². The van der Waals surface area contributed by atoms with Crippen LogP contribution in [-0.2, 0) is 20.0 Å². The van der Waals surface area contributed by atoms with Crippen molar-refractivity contribution in [2.45, 2.75) is 24.5 Å². The van der Waals surface area contributed by atoms with E-state index in [2.05, 4.69) is 19.8 Å². The number of anilines is 1. The number of hydrogen-bond donors (Lipinski definition) is 6. The van der Waals surface area contributed by atoms with E-state index in [4.69, 9.17) is 33.9 Å². The van der Waals surface area contributed by atoms with Gasteiger partial charge in [-0.1, -0.05) is 0 Å². The Bertz CT molecular complexity index is 902. The molecule has 1 aliphatic heterocycles. The molecule has 0 unspecified atom stereocenters. The van der Waals surface area contributed by atoms with Crippen molar-refractivity contribution in [1.82, 2.24) is 24.4 Å². The molecule has 1 saturated heterocycles. The smallest absolute Gasteiger partial charge is 0.387 e. The minimum absolute atomic E-state index is 0.241. The summed E-state index contributed by atoms with van der Waals surface area (Å²) >= 11 is 0. The molecule has 16 heteroatoms. The average molecular weight is 437 g/mol. The Morgan fingerprint density at radius 3 is 2.55 bits per heavy atom. The highest BCUT2D eigenvalue weighted by Gasteiger charge is 2.44. The van der Waals surface area contributed by atoms with Crippen LogP contribution in [0.25, 0.3) is 11.2 Å². The van der Waals surface area contributed by atoms with E-state index in [1.54, 1.807) is 4.57 Å². The number of rotatable bonds is 6. The summed E-state index contributed by atoms with van der Waals surface area (Å²) in [5.74, 6) is 5.25. The van der Waals surface area contributed by atoms with E-state index in [-0.39, 0.29) is 5.82 Å². The lowest BCUT2D eigenvalue weighted by atomic mass is 10.1. The zero-order valence-electron chi connectivity index (χ0n) is 15.3. The van der Waals surface area contributed by atoms with Crippen LogP contribution in [-0.4, -0.2) is 97.2 Å². The molecule has 164 valence electrons. The van der Waals surface area contributed by atoms with Crippen LogP contribution in [0.4, 0.5) is 5.82 Å². The molecule has 4 atom stereocenters. The lowest BCUT2D eigenvalue weighted by Crippen LogP contribution is -2.39. The molecule has 29 heavy (non-hydrogen) atoms. The summed E-state index contributed by atoms with van der Waals surface area (Å²) in [5.41, 5.74) is 6.62. The van der Waals surface area contributed by atoms with Gasteiger partial charge >= 0.3 is 10.4 Å². The van der Waals surface area contributed by atoms with Crippen molar-refractivity contribution < 1.29 is 37.3 Å². The Kier molecular flexibility index (Phi) is 7.74. The molecule has 1 fully saturated rings. The molecule has 0 aliphatic carbocycles. The van der Waals surface area contributed by atoms with Gasteiger partial charge in [-0.15, -0.1) is 0 Å². The molecule has 0 amide bonds. The molecule has 2 aromatic rings.